The number of hydrogen-bond acceptors (Lipinski definition) is 1. The standard InChI is InChI=1S/C9H13NSe2/c1-6-5-8(11-3)10-9(12-4)7(6)2/h5H,1-4H3. The molecule has 0 atom stereocenters. The van der Waals surface area contributed by atoms with Gasteiger partial charge >= 0.3 is 86.8 Å². The quantitative estimate of drug-likeness (QED) is 0.722. The van der Waals surface area contributed by atoms with Crippen molar-refractivity contribution in [1.29, 1.82) is 0 Å². The van der Waals surface area contributed by atoms with Crippen molar-refractivity contribution in [3.63, 3.8) is 0 Å². The van der Waals surface area contributed by atoms with Gasteiger partial charge in [-0.25, -0.2) is 0 Å². The Morgan fingerprint density at radius 3 is 2.33 bits per heavy atom. The summed E-state index contributed by atoms with van der Waals surface area (Å²) < 4.78 is 2.63. The maximum atomic E-state index is 4.63. The molecule has 1 nitrogen and oxygen atoms in total. The maximum absolute atomic E-state index is 4.63. The van der Waals surface area contributed by atoms with Crippen LogP contribution in [0.15, 0.2) is 6.07 Å². The van der Waals surface area contributed by atoms with Crippen LogP contribution in [0.4, 0.5) is 0 Å². The van der Waals surface area contributed by atoms with Crippen molar-refractivity contribution in [3.05, 3.63) is 17.2 Å². The molecular formula is C9H13NSe2. The van der Waals surface area contributed by atoms with E-state index >= 15 is 0 Å². The van der Waals surface area contributed by atoms with E-state index in [-0.39, 0.29) is 0 Å². The van der Waals surface area contributed by atoms with Gasteiger partial charge in [-0.1, -0.05) is 0 Å². The molecule has 0 fully saturated rings. The van der Waals surface area contributed by atoms with Crippen molar-refractivity contribution in [2.75, 3.05) is 0 Å². The molecule has 0 aromatic carbocycles. The van der Waals surface area contributed by atoms with E-state index in [1.165, 1.54) is 20.3 Å². The van der Waals surface area contributed by atoms with Gasteiger partial charge in [0.1, 0.15) is 0 Å². The van der Waals surface area contributed by atoms with Gasteiger partial charge in [-0.15, -0.1) is 0 Å². The average molecular weight is 293 g/mol. The molecule has 0 radical (unpaired) electrons. The fourth-order valence-electron chi connectivity index (χ4n) is 0.982. The van der Waals surface area contributed by atoms with E-state index in [1.54, 1.807) is 0 Å². The Balaban J connectivity index is 3.19. The first-order chi connectivity index (χ1) is 5.69. The third-order valence-corrected chi connectivity index (χ3v) is 4.83. The molecule has 0 saturated carbocycles. The Morgan fingerprint density at radius 2 is 1.83 bits per heavy atom. The molecule has 3 heteroatoms. The molecule has 0 spiro atoms. The number of hydrogen-bond donors (Lipinski definition) is 0. The molecule has 0 saturated heterocycles. The van der Waals surface area contributed by atoms with Gasteiger partial charge in [-0.2, -0.15) is 0 Å². The summed E-state index contributed by atoms with van der Waals surface area (Å²) in [5, 5.41) is 0. The summed E-state index contributed by atoms with van der Waals surface area (Å²) in [7, 11) is 0. The summed E-state index contributed by atoms with van der Waals surface area (Å²) in [5.41, 5.74) is 2.80. The molecule has 0 amide bonds. The van der Waals surface area contributed by atoms with Crippen molar-refractivity contribution in [1.82, 2.24) is 4.98 Å². The van der Waals surface area contributed by atoms with Gasteiger partial charge in [0.05, 0.1) is 0 Å². The molecule has 66 valence electrons. The summed E-state index contributed by atoms with van der Waals surface area (Å²) in [5.74, 6) is 4.45. The molecule has 1 rings (SSSR count). The van der Waals surface area contributed by atoms with E-state index in [0.29, 0.717) is 29.9 Å². The van der Waals surface area contributed by atoms with Crippen LogP contribution in [0.5, 0.6) is 0 Å². The van der Waals surface area contributed by atoms with E-state index in [4.69, 9.17) is 0 Å². The third-order valence-electron chi connectivity index (χ3n) is 1.87. The summed E-state index contributed by atoms with van der Waals surface area (Å²) >= 11 is 1.08. The number of rotatable bonds is 2. The molecule has 0 aliphatic rings. The van der Waals surface area contributed by atoms with E-state index < -0.39 is 0 Å². The number of aromatic nitrogens is 1. The second-order valence-electron chi connectivity index (χ2n) is 2.62. The molecule has 0 bridgehead atoms. The fraction of sp³-hybridized carbons (Fsp3) is 0.444. The van der Waals surface area contributed by atoms with Gasteiger partial charge in [-0.3, -0.25) is 0 Å². The van der Waals surface area contributed by atoms with Gasteiger partial charge in [0.25, 0.3) is 0 Å². The second kappa shape index (κ2) is 4.43. The first-order valence-corrected chi connectivity index (χ1v) is 8.89. The van der Waals surface area contributed by atoms with Crippen molar-refractivity contribution < 1.29 is 0 Å². The molecule has 1 aromatic heterocycles. The normalized spacial score (nSPS) is 10.3. The van der Waals surface area contributed by atoms with Crippen LogP contribution in [0.3, 0.4) is 0 Å². The summed E-state index contributed by atoms with van der Waals surface area (Å²) in [4.78, 5) is 4.63. The van der Waals surface area contributed by atoms with Crippen LogP contribution >= 0.6 is 0 Å². The van der Waals surface area contributed by atoms with Crippen LogP contribution in [-0.2, 0) is 0 Å². The van der Waals surface area contributed by atoms with Crippen LogP contribution in [0.25, 0.3) is 0 Å². The summed E-state index contributed by atoms with van der Waals surface area (Å²) in [6, 6.07) is 2.23. The molecule has 1 aromatic rings. The van der Waals surface area contributed by atoms with Gasteiger partial charge in [0.15, 0.2) is 0 Å². The zero-order chi connectivity index (χ0) is 9.14. The van der Waals surface area contributed by atoms with Gasteiger partial charge in [0.2, 0.25) is 0 Å². The third kappa shape index (κ3) is 2.11. The van der Waals surface area contributed by atoms with Crippen molar-refractivity contribution >= 4 is 39.1 Å². The van der Waals surface area contributed by atoms with E-state index in [1.807, 2.05) is 0 Å². The minimum atomic E-state index is 0.538. The molecule has 0 aliphatic heterocycles. The molecular weight excluding hydrogens is 280 g/mol. The van der Waals surface area contributed by atoms with Gasteiger partial charge in [-0.05, 0) is 0 Å². The molecule has 1 heterocycles. The first-order valence-electron chi connectivity index (χ1n) is 3.75. The zero-order valence-corrected chi connectivity index (χ0v) is 11.3. The monoisotopic (exact) mass is 295 g/mol. The predicted molar refractivity (Wildman–Crippen MR) is 56.2 cm³/mol. The minimum absolute atomic E-state index is 0.538. The SMILES string of the molecule is C[Se]c1cc(C)c(C)c([Se]C)n1. The Bertz CT molecular complexity index is 284. The van der Waals surface area contributed by atoms with Crippen LogP contribution in [-0.4, -0.2) is 34.9 Å². The first kappa shape index (κ1) is 10.3. The Hall–Kier alpha value is 0.189. The van der Waals surface area contributed by atoms with Crippen molar-refractivity contribution in [3.8, 4) is 0 Å². The second-order valence-corrected chi connectivity index (χ2v) is 6.02. The van der Waals surface area contributed by atoms with E-state index in [9.17, 15) is 0 Å². The van der Waals surface area contributed by atoms with Gasteiger partial charge in [0, 0.05) is 0 Å². The number of aryl methyl sites for hydroxylation is 1. The summed E-state index contributed by atoms with van der Waals surface area (Å²) in [6.07, 6.45) is 0. The molecule has 0 unspecified atom stereocenters. The number of pyridine rings is 1. The molecule has 0 aliphatic carbocycles. The van der Waals surface area contributed by atoms with Crippen LogP contribution in [0.1, 0.15) is 11.1 Å². The van der Waals surface area contributed by atoms with Crippen molar-refractivity contribution in [2.45, 2.75) is 25.5 Å². The Kier molecular flexibility index (Phi) is 3.79. The van der Waals surface area contributed by atoms with Crippen molar-refractivity contribution in [2.24, 2.45) is 0 Å². The zero-order valence-electron chi connectivity index (χ0n) is 7.84. The van der Waals surface area contributed by atoms with E-state index in [0.717, 1.165) is 0 Å². The topological polar surface area (TPSA) is 12.9 Å². The molecule has 12 heavy (non-hydrogen) atoms. The predicted octanol–water partition coefficient (Wildman–Crippen LogP) is 0.454. The summed E-state index contributed by atoms with van der Waals surface area (Å²) in [6.45, 7) is 4.36. The van der Waals surface area contributed by atoms with Crippen LogP contribution in [0.2, 0.25) is 11.6 Å². The fourth-order valence-corrected chi connectivity index (χ4v) is 3.65. The van der Waals surface area contributed by atoms with E-state index in [2.05, 4.69) is 36.5 Å². The molecule has 0 N–H and O–H groups in total. The van der Waals surface area contributed by atoms with Crippen LogP contribution in [0, 0.1) is 13.8 Å². The number of nitrogens with zero attached hydrogens (tertiary/aromatic N) is 1. The van der Waals surface area contributed by atoms with Crippen LogP contribution < -0.4 is 9.18 Å². The Morgan fingerprint density at radius 1 is 1.17 bits per heavy atom. The Labute approximate surface area is 86.7 Å². The van der Waals surface area contributed by atoms with Gasteiger partial charge < -0.3 is 0 Å². The average Bonchev–Trinajstić information content (AvgIpc) is 2.09.